The topological polar surface area (TPSA) is 96.0 Å². The minimum Gasteiger partial charge on any atom is -0.624 e. The lowest BCUT2D eigenvalue weighted by Crippen LogP contribution is -2.36. The molecule has 0 saturated carbocycles. The number of methoxy groups -OCH3 is 1. The summed E-state index contributed by atoms with van der Waals surface area (Å²) in [7, 11) is 1.48. The van der Waals surface area contributed by atoms with Crippen LogP contribution < -0.4 is 4.74 Å². The van der Waals surface area contributed by atoms with Crippen molar-refractivity contribution in [3.05, 3.63) is 82.6 Å². The van der Waals surface area contributed by atoms with Crippen LogP contribution >= 0.6 is 0 Å². The lowest BCUT2D eigenvalue weighted by Gasteiger charge is -2.23. The van der Waals surface area contributed by atoms with Crippen LogP contribution in [0.25, 0.3) is 12.2 Å². The van der Waals surface area contributed by atoms with Crippen LogP contribution in [0.3, 0.4) is 0 Å². The van der Waals surface area contributed by atoms with Gasteiger partial charge in [0.25, 0.3) is 0 Å². The van der Waals surface area contributed by atoms with E-state index >= 15 is 0 Å². The number of rotatable bonds is 6. The van der Waals surface area contributed by atoms with E-state index in [1.54, 1.807) is 48.6 Å². The van der Waals surface area contributed by atoms with E-state index in [4.69, 9.17) is 4.74 Å². The van der Waals surface area contributed by atoms with Crippen molar-refractivity contribution in [3.63, 3.8) is 0 Å². The molecule has 1 aliphatic rings. The maximum atomic E-state index is 12.3. The Hall–Kier alpha value is -3.51. The van der Waals surface area contributed by atoms with Gasteiger partial charge in [-0.2, -0.15) is 0 Å². The normalized spacial score (nSPS) is 19.0. The predicted octanol–water partition coefficient (Wildman–Crippen LogP) is 3.45. The Labute approximate surface area is 169 Å². The molecular formula is C23H23NO5. The summed E-state index contributed by atoms with van der Waals surface area (Å²) >= 11 is 0. The highest BCUT2D eigenvalue weighted by molar-refractivity contribution is 5.82. The van der Waals surface area contributed by atoms with Crippen molar-refractivity contribution in [2.75, 3.05) is 13.7 Å². The molecule has 3 rings (SSSR count). The maximum Gasteiger partial charge on any atom is 0.185 e. The zero-order valence-electron chi connectivity index (χ0n) is 16.0. The Bertz CT molecular complexity index is 1010. The number of aliphatic hydroxyl groups is 1. The highest BCUT2D eigenvalue weighted by Crippen LogP contribution is 2.27. The summed E-state index contributed by atoms with van der Waals surface area (Å²) < 4.78 is 5.72. The van der Waals surface area contributed by atoms with Crippen molar-refractivity contribution in [3.8, 4) is 17.2 Å². The fraction of sp³-hybridized carbons (Fsp3) is 0.174. The molecule has 0 heterocycles. The molecule has 0 amide bonds. The predicted molar refractivity (Wildman–Crippen MR) is 113 cm³/mol. The molecule has 0 radical (unpaired) electrons. The first-order valence-corrected chi connectivity index (χ1v) is 9.12. The van der Waals surface area contributed by atoms with Crippen molar-refractivity contribution in [2.45, 2.75) is 12.0 Å². The van der Waals surface area contributed by atoms with Crippen LogP contribution in [0.4, 0.5) is 0 Å². The van der Waals surface area contributed by atoms with Gasteiger partial charge in [0, 0.05) is 6.42 Å². The summed E-state index contributed by atoms with van der Waals surface area (Å²) in [4.78, 5) is 0. The summed E-state index contributed by atoms with van der Waals surface area (Å²) in [5.41, 5.74) is 0.721. The van der Waals surface area contributed by atoms with E-state index in [9.17, 15) is 20.5 Å². The highest BCUT2D eigenvalue weighted by atomic mass is 16.5. The Morgan fingerprint density at radius 1 is 1.07 bits per heavy atom. The van der Waals surface area contributed by atoms with Gasteiger partial charge < -0.3 is 25.3 Å². The van der Waals surface area contributed by atoms with E-state index < -0.39 is 5.60 Å². The van der Waals surface area contributed by atoms with Gasteiger partial charge in [-0.05, 0) is 41.5 Å². The van der Waals surface area contributed by atoms with Crippen LogP contribution in [0.2, 0.25) is 0 Å². The number of ether oxygens (including phenoxy) is 1. The molecule has 1 atom stereocenters. The molecule has 2 aromatic carbocycles. The number of nitrogens with zero attached hydrogens (tertiary/aromatic N) is 1. The van der Waals surface area contributed by atoms with E-state index in [1.165, 1.54) is 19.4 Å². The molecule has 29 heavy (non-hydrogen) atoms. The molecule has 0 bridgehead atoms. The Morgan fingerprint density at radius 3 is 2.41 bits per heavy atom. The van der Waals surface area contributed by atoms with Gasteiger partial charge in [-0.15, -0.1) is 0 Å². The first kappa shape index (κ1) is 20.2. The Morgan fingerprint density at radius 2 is 1.76 bits per heavy atom. The molecule has 0 aliphatic heterocycles. The molecule has 2 aromatic rings. The smallest absolute Gasteiger partial charge is 0.185 e. The molecule has 1 aliphatic carbocycles. The van der Waals surface area contributed by atoms with Gasteiger partial charge in [-0.3, -0.25) is 0 Å². The van der Waals surface area contributed by atoms with Gasteiger partial charge in [-0.1, -0.05) is 42.5 Å². The van der Waals surface area contributed by atoms with Crippen LogP contribution in [-0.2, 0) is 0 Å². The lowest BCUT2D eigenvalue weighted by molar-refractivity contribution is -0.471. The van der Waals surface area contributed by atoms with Crippen molar-refractivity contribution < 1.29 is 24.8 Å². The second kappa shape index (κ2) is 8.67. The van der Waals surface area contributed by atoms with Gasteiger partial charge in [-0.25, -0.2) is 4.74 Å². The molecule has 6 heteroatoms. The zero-order valence-corrected chi connectivity index (χ0v) is 16.0. The zero-order chi connectivity index (χ0) is 20.9. The minimum atomic E-state index is -1.22. The first-order chi connectivity index (χ1) is 13.9. The molecule has 3 N–H and O–H groups in total. The summed E-state index contributed by atoms with van der Waals surface area (Å²) in [5, 5.41) is 42.5. The average Bonchev–Trinajstić information content (AvgIpc) is 2.69. The van der Waals surface area contributed by atoms with E-state index in [0.717, 1.165) is 11.1 Å². The first-order valence-electron chi connectivity index (χ1n) is 9.12. The quantitative estimate of drug-likeness (QED) is 0.230. The standard InChI is InChI=1S/C23H23NO5/c1-29-22-14-18(8-10-21(22)26)6-5-17-7-9-20(25)19(13-17)15-24(28)16-23(27)11-3-2-4-12-23/h2-11,13-15,25-27H,12,16H2,1H3. The molecule has 150 valence electrons. The average molecular weight is 393 g/mol. The summed E-state index contributed by atoms with van der Waals surface area (Å²) in [6.07, 6.45) is 12.2. The number of hydrogen-bond donors (Lipinski definition) is 3. The summed E-state index contributed by atoms with van der Waals surface area (Å²) in [6.45, 7) is -0.138. The third kappa shape index (κ3) is 5.27. The highest BCUT2D eigenvalue weighted by Gasteiger charge is 2.27. The van der Waals surface area contributed by atoms with Crippen molar-refractivity contribution in [1.29, 1.82) is 0 Å². The number of phenolic OH excluding ortho intramolecular Hbond substituents is 2. The van der Waals surface area contributed by atoms with Gasteiger partial charge in [0.1, 0.15) is 11.4 Å². The van der Waals surface area contributed by atoms with Gasteiger partial charge >= 0.3 is 0 Å². The fourth-order valence-corrected chi connectivity index (χ4v) is 3.01. The molecule has 0 saturated heterocycles. The Kier molecular flexibility index (Phi) is 6.04. The third-order valence-electron chi connectivity index (χ3n) is 4.56. The van der Waals surface area contributed by atoms with Crippen LogP contribution in [0.5, 0.6) is 17.2 Å². The van der Waals surface area contributed by atoms with E-state index in [2.05, 4.69) is 0 Å². The van der Waals surface area contributed by atoms with Crippen molar-refractivity contribution in [1.82, 2.24) is 0 Å². The van der Waals surface area contributed by atoms with E-state index in [1.807, 2.05) is 18.2 Å². The van der Waals surface area contributed by atoms with E-state index in [-0.39, 0.29) is 18.0 Å². The van der Waals surface area contributed by atoms with E-state index in [0.29, 0.717) is 22.5 Å². The number of benzene rings is 2. The maximum absolute atomic E-state index is 12.3. The lowest BCUT2D eigenvalue weighted by atomic mass is 9.95. The number of allylic oxidation sites excluding steroid dienone is 2. The number of phenols is 2. The molecule has 1 unspecified atom stereocenters. The van der Waals surface area contributed by atoms with Gasteiger partial charge in [0.15, 0.2) is 24.3 Å². The minimum absolute atomic E-state index is 0.0274. The molecule has 0 fully saturated rings. The molecule has 0 spiro atoms. The van der Waals surface area contributed by atoms with Crippen LogP contribution in [0, 0.1) is 5.21 Å². The second-order valence-electron chi connectivity index (χ2n) is 6.88. The third-order valence-corrected chi connectivity index (χ3v) is 4.56. The largest absolute Gasteiger partial charge is 0.624 e. The fourth-order valence-electron chi connectivity index (χ4n) is 3.01. The number of hydrogen-bond acceptors (Lipinski definition) is 5. The second-order valence-corrected chi connectivity index (χ2v) is 6.88. The van der Waals surface area contributed by atoms with Crippen molar-refractivity contribution >= 4 is 18.4 Å². The van der Waals surface area contributed by atoms with Crippen molar-refractivity contribution in [2.24, 2.45) is 0 Å². The van der Waals surface area contributed by atoms with Crippen LogP contribution in [0.1, 0.15) is 23.1 Å². The number of aromatic hydroxyl groups is 2. The molecule has 0 aromatic heterocycles. The van der Waals surface area contributed by atoms with Gasteiger partial charge in [0.05, 0.1) is 12.7 Å². The SMILES string of the molecule is COc1cc(C=Cc2ccc(O)c(C=[N+]([O-])CC3(O)C=CC=CC3)c2)ccc1O. The molecular weight excluding hydrogens is 370 g/mol. The molecule has 6 nitrogen and oxygen atoms in total. The Balaban J connectivity index is 1.79. The summed E-state index contributed by atoms with van der Waals surface area (Å²) in [5.74, 6) is 0.408. The number of hydroxylamine groups is 1. The summed E-state index contributed by atoms with van der Waals surface area (Å²) in [6, 6.07) is 9.89. The van der Waals surface area contributed by atoms with Crippen LogP contribution in [-0.4, -0.2) is 45.5 Å². The van der Waals surface area contributed by atoms with Gasteiger partial charge in [0.2, 0.25) is 0 Å². The van der Waals surface area contributed by atoms with Crippen LogP contribution in [0.15, 0.2) is 60.7 Å². The monoisotopic (exact) mass is 393 g/mol.